The summed E-state index contributed by atoms with van der Waals surface area (Å²) >= 11 is 0. The second-order valence-corrected chi connectivity index (χ2v) is 17.8. The van der Waals surface area contributed by atoms with E-state index in [-0.39, 0.29) is 25.9 Å². The minimum absolute atomic E-state index is 0.130. The summed E-state index contributed by atoms with van der Waals surface area (Å²) in [5.41, 5.74) is 0. The van der Waals surface area contributed by atoms with Crippen LogP contribution in [0.1, 0.15) is 188 Å². The Morgan fingerprint density at radius 2 is 0.930 bits per heavy atom. The number of aliphatic hydroxyl groups excluding tert-OH is 2. The second kappa shape index (κ2) is 46.5. The summed E-state index contributed by atoms with van der Waals surface area (Å²) in [5.74, 6) is -3.35. The Hall–Kier alpha value is -4.62. The third-order valence-corrected chi connectivity index (χ3v) is 11.3. The van der Waals surface area contributed by atoms with Crippen molar-refractivity contribution in [2.75, 3.05) is 13.2 Å². The first kappa shape index (κ1) is 64.4. The fraction of sp³-hybridized carbons (Fsp3) is 0.627. The molecule has 0 aromatic rings. The number of carboxylic acid groups (broad SMARTS) is 1. The fourth-order valence-corrected chi connectivity index (χ4v) is 7.27. The number of ether oxygens (including phenoxy) is 5. The molecule has 400 valence electrons. The zero-order valence-electron chi connectivity index (χ0n) is 43.7. The van der Waals surface area contributed by atoms with Crippen molar-refractivity contribution in [1.82, 2.24) is 0 Å². The van der Waals surface area contributed by atoms with E-state index in [0.29, 0.717) is 19.3 Å². The van der Waals surface area contributed by atoms with Crippen LogP contribution in [0.3, 0.4) is 0 Å². The van der Waals surface area contributed by atoms with Crippen molar-refractivity contribution in [2.45, 2.75) is 225 Å². The molecular formula is C59H92O12. The molecule has 0 spiro atoms. The van der Waals surface area contributed by atoms with Gasteiger partial charge in [0.05, 0.1) is 13.0 Å². The van der Waals surface area contributed by atoms with Crippen LogP contribution in [0, 0.1) is 0 Å². The minimum Gasteiger partial charge on any atom is -0.479 e. The van der Waals surface area contributed by atoms with Crippen LogP contribution >= 0.6 is 0 Å². The summed E-state index contributed by atoms with van der Waals surface area (Å²) in [5, 5.41) is 31.3. The molecule has 1 rings (SSSR count). The van der Waals surface area contributed by atoms with E-state index in [1.54, 1.807) is 12.2 Å². The number of carbonyl (C=O) groups excluding carboxylic acids is 3. The van der Waals surface area contributed by atoms with Crippen LogP contribution in [0.25, 0.3) is 0 Å². The average molecular weight is 993 g/mol. The second-order valence-electron chi connectivity index (χ2n) is 17.8. The van der Waals surface area contributed by atoms with Crippen LogP contribution < -0.4 is 0 Å². The molecular weight excluding hydrogens is 901 g/mol. The van der Waals surface area contributed by atoms with Gasteiger partial charge >= 0.3 is 23.9 Å². The minimum atomic E-state index is -1.94. The first-order valence-corrected chi connectivity index (χ1v) is 26.9. The van der Waals surface area contributed by atoms with E-state index < -0.39 is 67.3 Å². The first-order chi connectivity index (χ1) is 34.6. The zero-order chi connectivity index (χ0) is 51.8. The van der Waals surface area contributed by atoms with E-state index >= 15 is 0 Å². The van der Waals surface area contributed by atoms with Crippen LogP contribution in [-0.4, -0.2) is 89.2 Å². The van der Waals surface area contributed by atoms with Gasteiger partial charge in [-0.15, -0.1) is 0 Å². The van der Waals surface area contributed by atoms with Crippen LogP contribution in [0.2, 0.25) is 0 Å². The molecule has 0 radical (unpaired) electrons. The van der Waals surface area contributed by atoms with E-state index in [9.17, 15) is 34.5 Å². The molecule has 12 nitrogen and oxygen atoms in total. The molecule has 0 aliphatic carbocycles. The molecule has 1 heterocycles. The SMILES string of the molecule is CC/C=C\C/C=C\C/C=C\C/C=C\C/C=C\CC(=O)OC1C(OCC(COC(=O)CCCCC/C=C\C/C=C\C/C=C\CC)OC(=O)CCCCCCC/C=C\CCCCCC)OC(C(=O)O)C(O)C1O. The Bertz CT molecular complexity index is 1650. The third-order valence-electron chi connectivity index (χ3n) is 11.3. The lowest BCUT2D eigenvalue weighted by Gasteiger charge is -2.40. The van der Waals surface area contributed by atoms with Crippen molar-refractivity contribution >= 4 is 23.9 Å². The Labute approximate surface area is 427 Å². The number of carbonyl (C=O) groups is 4. The van der Waals surface area contributed by atoms with Gasteiger partial charge in [0.2, 0.25) is 0 Å². The molecule has 0 bridgehead atoms. The number of aliphatic hydroxyl groups is 2. The molecule has 0 amide bonds. The summed E-state index contributed by atoms with van der Waals surface area (Å²) in [6.45, 7) is 5.63. The van der Waals surface area contributed by atoms with Crippen molar-refractivity contribution in [3.8, 4) is 0 Å². The van der Waals surface area contributed by atoms with E-state index in [0.717, 1.165) is 103 Å². The van der Waals surface area contributed by atoms with Crippen LogP contribution in [0.5, 0.6) is 0 Å². The maximum Gasteiger partial charge on any atom is 0.335 e. The van der Waals surface area contributed by atoms with Gasteiger partial charge in [-0.25, -0.2) is 4.79 Å². The lowest BCUT2D eigenvalue weighted by atomic mass is 9.98. The van der Waals surface area contributed by atoms with Gasteiger partial charge in [0, 0.05) is 12.8 Å². The van der Waals surface area contributed by atoms with Gasteiger partial charge < -0.3 is 39.0 Å². The van der Waals surface area contributed by atoms with E-state index in [1.165, 1.54) is 25.7 Å². The van der Waals surface area contributed by atoms with Crippen molar-refractivity contribution in [3.63, 3.8) is 0 Å². The highest BCUT2D eigenvalue weighted by atomic mass is 16.7. The van der Waals surface area contributed by atoms with E-state index in [2.05, 4.69) is 106 Å². The topological polar surface area (TPSA) is 175 Å². The Morgan fingerprint density at radius 3 is 1.45 bits per heavy atom. The number of unbranched alkanes of at least 4 members (excludes halogenated alkanes) is 12. The smallest absolute Gasteiger partial charge is 0.335 e. The molecule has 0 saturated carbocycles. The summed E-state index contributed by atoms with van der Waals surface area (Å²) in [6, 6.07) is 0. The molecule has 6 atom stereocenters. The maximum atomic E-state index is 13.1. The van der Waals surface area contributed by atoms with Crippen LogP contribution in [0.4, 0.5) is 0 Å². The van der Waals surface area contributed by atoms with E-state index in [1.807, 2.05) is 12.2 Å². The summed E-state index contributed by atoms with van der Waals surface area (Å²) in [7, 11) is 0. The molecule has 1 saturated heterocycles. The number of carboxylic acids is 1. The predicted octanol–water partition coefficient (Wildman–Crippen LogP) is 13.1. The highest BCUT2D eigenvalue weighted by Crippen LogP contribution is 2.26. The molecule has 1 aliphatic rings. The molecule has 0 aromatic carbocycles. The largest absolute Gasteiger partial charge is 0.479 e. The van der Waals surface area contributed by atoms with Crippen molar-refractivity contribution in [3.05, 3.63) is 109 Å². The predicted molar refractivity (Wildman–Crippen MR) is 284 cm³/mol. The molecule has 12 heteroatoms. The highest BCUT2D eigenvalue weighted by Gasteiger charge is 2.50. The quantitative estimate of drug-likeness (QED) is 0.0229. The molecule has 1 fully saturated rings. The van der Waals surface area contributed by atoms with Gasteiger partial charge in [-0.2, -0.15) is 0 Å². The van der Waals surface area contributed by atoms with Gasteiger partial charge in [0.25, 0.3) is 0 Å². The Balaban J connectivity index is 2.81. The van der Waals surface area contributed by atoms with E-state index in [4.69, 9.17) is 23.7 Å². The monoisotopic (exact) mass is 993 g/mol. The van der Waals surface area contributed by atoms with Crippen molar-refractivity contribution < 1.29 is 58.2 Å². The standard InChI is InChI=1S/C59H92O12/c1-4-7-10-13-16-19-22-25-26-29-32-35-38-41-44-47-53(62)70-57-55(64)54(63)56(58(65)66)71-59(57)68-49-50(69-52(61)46-43-40-37-34-31-28-24-21-18-15-12-9-6-3)48-67-51(60)45-42-39-36-33-30-27-23-20-17-14-11-8-5-2/h7-8,10-11,16-17,19-21,24-27,30,32,35,41,44,50,54-57,59,63-64H,4-6,9,12-15,18,22-23,28-29,31,33-34,36-40,42-43,45-49H2,1-3H3,(H,65,66)/b10-7-,11-8-,19-16-,20-17-,24-21-,26-25-,30-27-,35-32-,44-41-. The zero-order valence-corrected chi connectivity index (χ0v) is 43.7. The van der Waals surface area contributed by atoms with Gasteiger partial charge in [-0.05, 0) is 103 Å². The third kappa shape index (κ3) is 36.9. The molecule has 1 aliphatic heterocycles. The molecule has 71 heavy (non-hydrogen) atoms. The molecule has 3 N–H and O–H groups in total. The average Bonchev–Trinajstić information content (AvgIpc) is 3.35. The normalized spacial score (nSPS) is 19.4. The first-order valence-electron chi connectivity index (χ1n) is 26.9. The lowest BCUT2D eigenvalue weighted by Crippen LogP contribution is -2.61. The summed E-state index contributed by atoms with van der Waals surface area (Å²) in [4.78, 5) is 50.8. The highest BCUT2D eigenvalue weighted by molar-refractivity contribution is 5.74. The number of esters is 3. The van der Waals surface area contributed by atoms with Crippen molar-refractivity contribution in [1.29, 1.82) is 0 Å². The number of rotatable bonds is 43. The Kier molecular flexibility index (Phi) is 42.1. The number of aliphatic carboxylic acids is 1. The lowest BCUT2D eigenvalue weighted by molar-refractivity contribution is -0.301. The summed E-state index contributed by atoms with van der Waals surface area (Å²) in [6.07, 6.45) is 49.6. The summed E-state index contributed by atoms with van der Waals surface area (Å²) < 4.78 is 28.1. The van der Waals surface area contributed by atoms with Gasteiger partial charge in [-0.3, -0.25) is 14.4 Å². The molecule has 6 unspecified atom stereocenters. The van der Waals surface area contributed by atoms with Crippen LogP contribution in [-0.2, 0) is 42.9 Å². The number of hydrogen-bond acceptors (Lipinski definition) is 11. The Morgan fingerprint density at radius 1 is 0.493 bits per heavy atom. The van der Waals surface area contributed by atoms with Gasteiger partial charge in [-0.1, -0.05) is 175 Å². The van der Waals surface area contributed by atoms with Gasteiger partial charge in [0.15, 0.2) is 24.6 Å². The van der Waals surface area contributed by atoms with Crippen molar-refractivity contribution in [2.24, 2.45) is 0 Å². The fourth-order valence-electron chi connectivity index (χ4n) is 7.27. The number of hydrogen-bond donors (Lipinski definition) is 3. The van der Waals surface area contributed by atoms with Crippen LogP contribution in [0.15, 0.2) is 109 Å². The maximum absolute atomic E-state index is 13.1. The number of allylic oxidation sites excluding steroid dienone is 17. The van der Waals surface area contributed by atoms with Gasteiger partial charge in [0.1, 0.15) is 18.8 Å². The molecule has 0 aromatic heterocycles.